The van der Waals surface area contributed by atoms with Crippen LogP contribution >= 0.6 is 23.4 Å². The van der Waals surface area contributed by atoms with Crippen LogP contribution < -0.4 is 5.32 Å². The van der Waals surface area contributed by atoms with Gasteiger partial charge in [-0.3, -0.25) is 9.59 Å². The van der Waals surface area contributed by atoms with Crippen molar-refractivity contribution in [3.63, 3.8) is 0 Å². The van der Waals surface area contributed by atoms with Crippen LogP contribution in [0.25, 0.3) is 0 Å². The average molecular weight is 250 g/mol. The van der Waals surface area contributed by atoms with Gasteiger partial charge in [0.2, 0.25) is 11.0 Å². The Morgan fingerprint density at radius 1 is 1.53 bits per heavy atom. The third-order valence-electron chi connectivity index (χ3n) is 2.62. The first-order chi connectivity index (χ1) is 6.99. The van der Waals surface area contributed by atoms with Crippen LogP contribution in [-0.4, -0.2) is 29.2 Å². The lowest BCUT2D eigenvalue weighted by Crippen LogP contribution is -2.23. The molecule has 1 rings (SSSR count). The van der Waals surface area contributed by atoms with E-state index < -0.39 is 5.38 Å². The molecule has 5 heteroatoms. The van der Waals surface area contributed by atoms with Crippen molar-refractivity contribution in [2.45, 2.75) is 31.6 Å². The van der Waals surface area contributed by atoms with Crippen LogP contribution in [0.4, 0.5) is 0 Å². The summed E-state index contributed by atoms with van der Waals surface area (Å²) in [6.07, 6.45) is 2.61. The van der Waals surface area contributed by atoms with E-state index in [9.17, 15) is 9.59 Å². The van der Waals surface area contributed by atoms with Crippen molar-refractivity contribution in [2.24, 2.45) is 5.41 Å². The summed E-state index contributed by atoms with van der Waals surface area (Å²) in [7, 11) is 1.64. The number of hydrogen-bond donors (Lipinski definition) is 1. The second-order valence-corrected chi connectivity index (χ2v) is 5.71. The van der Waals surface area contributed by atoms with E-state index in [0.717, 1.165) is 18.6 Å². The Labute approximate surface area is 99.3 Å². The molecule has 15 heavy (non-hydrogen) atoms. The average Bonchev–Trinajstić information content (AvgIpc) is 2.94. The van der Waals surface area contributed by atoms with Gasteiger partial charge in [0.25, 0.3) is 0 Å². The van der Waals surface area contributed by atoms with Crippen LogP contribution in [0.15, 0.2) is 0 Å². The van der Waals surface area contributed by atoms with Gasteiger partial charge in [0.05, 0.1) is 5.38 Å². The van der Waals surface area contributed by atoms with Crippen molar-refractivity contribution < 1.29 is 9.59 Å². The van der Waals surface area contributed by atoms with Crippen molar-refractivity contribution >= 4 is 34.4 Å². The van der Waals surface area contributed by atoms with Crippen LogP contribution in [0.5, 0.6) is 0 Å². The highest BCUT2D eigenvalue weighted by atomic mass is 35.5. The lowest BCUT2D eigenvalue weighted by atomic mass is 10.1. The van der Waals surface area contributed by atoms with Crippen molar-refractivity contribution in [2.75, 3.05) is 12.8 Å². The monoisotopic (exact) mass is 249 g/mol. The van der Waals surface area contributed by atoms with Gasteiger partial charge < -0.3 is 5.32 Å². The summed E-state index contributed by atoms with van der Waals surface area (Å²) in [4.78, 5) is 22.5. The molecule has 1 aliphatic carbocycles. The largest absolute Gasteiger partial charge is 0.359 e. The molecule has 0 aliphatic heterocycles. The lowest BCUT2D eigenvalue weighted by molar-refractivity contribution is -0.121. The minimum absolute atomic E-state index is 0.000140. The Morgan fingerprint density at radius 2 is 2.13 bits per heavy atom. The van der Waals surface area contributed by atoms with Crippen LogP contribution in [0.1, 0.15) is 26.2 Å². The number of carbonyl (C=O) groups is 2. The quantitative estimate of drug-likeness (QED) is 0.756. The Morgan fingerprint density at radius 3 is 2.53 bits per heavy atom. The lowest BCUT2D eigenvalue weighted by Gasteiger charge is -2.13. The second-order valence-electron chi connectivity index (χ2n) is 4.07. The SMILES string of the molecule is CNC(=O)CC1(CSC(=O)C(C)Cl)CC1. The van der Waals surface area contributed by atoms with Crippen LogP contribution in [0.3, 0.4) is 0 Å². The summed E-state index contributed by atoms with van der Waals surface area (Å²) in [5.74, 6) is 0.774. The molecule has 0 spiro atoms. The Hall–Kier alpha value is -0.220. The Bertz CT molecular complexity index is 264. The molecule has 0 aromatic carbocycles. The van der Waals surface area contributed by atoms with Crippen molar-refractivity contribution in [1.82, 2.24) is 5.32 Å². The van der Waals surface area contributed by atoms with E-state index >= 15 is 0 Å². The van der Waals surface area contributed by atoms with Crippen LogP contribution in [0.2, 0.25) is 0 Å². The molecular weight excluding hydrogens is 234 g/mol. The second kappa shape index (κ2) is 5.21. The molecule has 1 amide bonds. The number of nitrogens with one attached hydrogen (secondary N) is 1. The fraction of sp³-hybridized carbons (Fsp3) is 0.800. The molecule has 1 N–H and O–H groups in total. The summed E-state index contributed by atoms with van der Waals surface area (Å²) in [6, 6.07) is 0. The summed E-state index contributed by atoms with van der Waals surface area (Å²) in [6.45, 7) is 1.68. The van der Waals surface area contributed by atoms with Gasteiger partial charge in [0.1, 0.15) is 0 Å². The number of alkyl halides is 1. The van der Waals surface area contributed by atoms with Crippen molar-refractivity contribution in [1.29, 1.82) is 0 Å². The smallest absolute Gasteiger partial charge is 0.220 e. The molecule has 0 heterocycles. The highest BCUT2D eigenvalue weighted by Gasteiger charge is 2.44. The van der Waals surface area contributed by atoms with Gasteiger partial charge in [-0.2, -0.15) is 0 Å². The van der Waals surface area contributed by atoms with Gasteiger partial charge in [-0.25, -0.2) is 0 Å². The maximum atomic E-state index is 11.3. The number of carbonyl (C=O) groups excluding carboxylic acids is 2. The molecule has 1 atom stereocenters. The fourth-order valence-corrected chi connectivity index (χ4v) is 2.57. The van der Waals surface area contributed by atoms with Crippen molar-refractivity contribution in [3.8, 4) is 0 Å². The zero-order chi connectivity index (χ0) is 11.5. The fourth-order valence-electron chi connectivity index (χ4n) is 1.32. The van der Waals surface area contributed by atoms with E-state index in [1.807, 2.05) is 0 Å². The standard InChI is InChI=1S/C10H16ClNO2S/c1-7(11)9(14)15-6-10(3-4-10)5-8(13)12-2/h7H,3-6H2,1-2H3,(H,12,13). The molecule has 0 aromatic rings. The molecule has 0 bridgehead atoms. The summed E-state index contributed by atoms with van der Waals surface area (Å²) < 4.78 is 0. The first kappa shape index (κ1) is 12.8. The summed E-state index contributed by atoms with van der Waals surface area (Å²) >= 11 is 6.92. The van der Waals surface area contributed by atoms with Crippen LogP contribution in [0, 0.1) is 5.41 Å². The molecule has 1 saturated carbocycles. The molecule has 0 aromatic heterocycles. The molecule has 3 nitrogen and oxygen atoms in total. The van der Waals surface area contributed by atoms with Crippen LogP contribution in [-0.2, 0) is 9.59 Å². The van der Waals surface area contributed by atoms with Gasteiger partial charge in [0, 0.05) is 19.2 Å². The minimum atomic E-state index is -0.439. The molecule has 1 fully saturated rings. The van der Waals surface area contributed by atoms with Gasteiger partial charge in [-0.15, -0.1) is 11.6 Å². The minimum Gasteiger partial charge on any atom is -0.359 e. The number of thioether (sulfide) groups is 1. The predicted molar refractivity (Wildman–Crippen MR) is 63.1 cm³/mol. The highest BCUT2D eigenvalue weighted by Crippen LogP contribution is 2.51. The van der Waals surface area contributed by atoms with Gasteiger partial charge in [0.15, 0.2) is 0 Å². The zero-order valence-electron chi connectivity index (χ0n) is 9.01. The first-order valence-corrected chi connectivity index (χ1v) is 6.43. The number of amides is 1. The number of halogens is 1. The van der Waals surface area contributed by atoms with E-state index in [1.165, 1.54) is 11.8 Å². The van der Waals surface area contributed by atoms with E-state index in [4.69, 9.17) is 11.6 Å². The van der Waals surface area contributed by atoms with E-state index in [0.29, 0.717) is 6.42 Å². The van der Waals surface area contributed by atoms with E-state index in [1.54, 1.807) is 14.0 Å². The van der Waals surface area contributed by atoms with E-state index in [2.05, 4.69) is 5.32 Å². The number of rotatable bonds is 5. The molecular formula is C10H16ClNO2S. The molecule has 1 aliphatic rings. The zero-order valence-corrected chi connectivity index (χ0v) is 10.6. The molecule has 0 saturated heterocycles. The summed E-state index contributed by atoms with van der Waals surface area (Å²) in [5.41, 5.74) is 0.0617. The molecule has 0 radical (unpaired) electrons. The maximum absolute atomic E-state index is 11.3. The third kappa shape index (κ3) is 4.03. The number of hydrogen-bond acceptors (Lipinski definition) is 3. The predicted octanol–water partition coefficient (Wildman–Crippen LogP) is 1.79. The van der Waals surface area contributed by atoms with Crippen molar-refractivity contribution in [3.05, 3.63) is 0 Å². The van der Waals surface area contributed by atoms with E-state index in [-0.39, 0.29) is 16.4 Å². The third-order valence-corrected chi connectivity index (χ3v) is 4.34. The Kier molecular flexibility index (Phi) is 4.46. The maximum Gasteiger partial charge on any atom is 0.220 e. The van der Waals surface area contributed by atoms with Gasteiger partial charge in [-0.1, -0.05) is 11.8 Å². The molecule has 86 valence electrons. The van der Waals surface area contributed by atoms with Gasteiger partial charge in [-0.05, 0) is 25.2 Å². The highest BCUT2D eigenvalue weighted by molar-refractivity contribution is 8.13. The normalized spacial score (nSPS) is 19.4. The molecule has 1 unspecified atom stereocenters. The topological polar surface area (TPSA) is 46.2 Å². The summed E-state index contributed by atoms with van der Waals surface area (Å²) in [5, 5.41) is 2.17. The first-order valence-electron chi connectivity index (χ1n) is 5.00. The van der Waals surface area contributed by atoms with Gasteiger partial charge >= 0.3 is 0 Å². The Balaban J connectivity index is 2.32.